The lowest BCUT2D eigenvalue weighted by atomic mass is 10.2. The molecule has 1 aromatic carbocycles. The van der Waals surface area contributed by atoms with Crippen molar-refractivity contribution in [2.24, 2.45) is 0 Å². The van der Waals surface area contributed by atoms with Crippen molar-refractivity contribution in [2.75, 3.05) is 24.9 Å². The highest BCUT2D eigenvalue weighted by molar-refractivity contribution is 5.62. The maximum Gasteiger partial charge on any atom is 0.225 e. The summed E-state index contributed by atoms with van der Waals surface area (Å²) in [5.74, 6) is 3.39. The molecular weight excluding hydrogens is 304 g/mol. The lowest BCUT2D eigenvalue weighted by Gasteiger charge is -2.14. The zero-order valence-electron chi connectivity index (χ0n) is 14.6. The van der Waals surface area contributed by atoms with Crippen LogP contribution in [0.25, 0.3) is 0 Å². The molecule has 6 nitrogen and oxygen atoms in total. The van der Waals surface area contributed by atoms with E-state index in [0.717, 1.165) is 17.2 Å². The van der Waals surface area contributed by atoms with Crippen molar-refractivity contribution in [3.05, 3.63) is 30.0 Å². The predicted molar refractivity (Wildman–Crippen MR) is 95.6 cm³/mol. The summed E-state index contributed by atoms with van der Waals surface area (Å²) in [5, 5.41) is 6.63. The number of hydrogen-bond acceptors (Lipinski definition) is 6. The van der Waals surface area contributed by atoms with E-state index in [-0.39, 0.29) is 6.04 Å². The van der Waals surface area contributed by atoms with Crippen LogP contribution in [-0.2, 0) is 0 Å². The molecule has 2 N–H and O–H groups in total. The second-order valence-corrected chi connectivity index (χ2v) is 6.27. The number of hydrogen-bond donors (Lipinski definition) is 2. The van der Waals surface area contributed by atoms with Gasteiger partial charge in [-0.15, -0.1) is 0 Å². The van der Waals surface area contributed by atoms with Gasteiger partial charge in [-0.05, 0) is 38.8 Å². The van der Waals surface area contributed by atoms with E-state index in [2.05, 4.69) is 34.4 Å². The second kappa shape index (κ2) is 6.95. The van der Waals surface area contributed by atoms with E-state index >= 15 is 0 Å². The van der Waals surface area contributed by atoms with Gasteiger partial charge in [-0.1, -0.05) is 0 Å². The van der Waals surface area contributed by atoms with Gasteiger partial charge < -0.3 is 20.1 Å². The van der Waals surface area contributed by atoms with E-state index in [1.807, 2.05) is 24.3 Å². The molecule has 0 aliphatic heterocycles. The topological polar surface area (TPSA) is 68.3 Å². The van der Waals surface area contributed by atoms with E-state index in [1.165, 1.54) is 12.8 Å². The fourth-order valence-electron chi connectivity index (χ4n) is 2.50. The standard InChI is InChI=1S/C18H24N4O2/c1-11(2)19-18-21-14(12-5-6-12)10-17(22-18)20-13-7-8-15(23-3)16(9-13)24-4/h7-12H,5-6H2,1-4H3,(H2,19,20,21,22). The van der Waals surface area contributed by atoms with Crippen LogP contribution < -0.4 is 20.1 Å². The third kappa shape index (κ3) is 3.88. The minimum atomic E-state index is 0.286. The minimum Gasteiger partial charge on any atom is -0.493 e. The van der Waals surface area contributed by atoms with Gasteiger partial charge in [0.1, 0.15) is 5.82 Å². The molecule has 128 valence electrons. The van der Waals surface area contributed by atoms with E-state index in [0.29, 0.717) is 23.4 Å². The van der Waals surface area contributed by atoms with Gasteiger partial charge in [0.2, 0.25) is 5.95 Å². The molecule has 0 amide bonds. The van der Waals surface area contributed by atoms with Gasteiger partial charge in [-0.3, -0.25) is 0 Å². The maximum absolute atomic E-state index is 5.35. The predicted octanol–water partition coefficient (Wildman–Crippen LogP) is 3.94. The quantitative estimate of drug-likeness (QED) is 0.802. The van der Waals surface area contributed by atoms with Crippen molar-refractivity contribution in [3.63, 3.8) is 0 Å². The molecule has 6 heteroatoms. The van der Waals surface area contributed by atoms with Crippen molar-refractivity contribution < 1.29 is 9.47 Å². The van der Waals surface area contributed by atoms with E-state index in [4.69, 9.17) is 9.47 Å². The summed E-state index contributed by atoms with van der Waals surface area (Å²) in [5.41, 5.74) is 1.99. The summed E-state index contributed by atoms with van der Waals surface area (Å²) < 4.78 is 10.6. The molecule has 3 rings (SSSR count). The third-order valence-corrected chi connectivity index (χ3v) is 3.82. The van der Waals surface area contributed by atoms with Crippen LogP contribution in [0.15, 0.2) is 24.3 Å². The Labute approximate surface area is 142 Å². The average Bonchev–Trinajstić information content (AvgIpc) is 3.38. The first-order valence-corrected chi connectivity index (χ1v) is 8.23. The summed E-state index contributed by atoms with van der Waals surface area (Å²) >= 11 is 0. The molecule has 1 heterocycles. The summed E-state index contributed by atoms with van der Waals surface area (Å²) in [7, 11) is 3.25. The van der Waals surface area contributed by atoms with Crippen LogP contribution in [0.4, 0.5) is 17.5 Å². The normalized spacial score (nSPS) is 13.7. The Balaban J connectivity index is 1.87. The van der Waals surface area contributed by atoms with Crippen LogP contribution in [0, 0.1) is 0 Å². The highest BCUT2D eigenvalue weighted by Crippen LogP contribution is 2.40. The lowest BCUT2D eigenvalue weighted by molar-refractivity contribution is 0.355. The molecule has 1 aliphatic rings. The van der Waals surface area contributed by atoms with Crippen LogP contribution in [0.2, 0.25) is 0 Å². The molecule has 0 radical (unpaired) electrons. The number of benzene rings is 1. The molecular formula is C18H24N4O2. The van der Waals surface area contributed by atoms with E-state index < -0.39 is 0 Å². The summed E-state index contributed by atoms with van der Waals surface area (Å²) in [6.07, 6.45) is 2.40. The maximum atomic E-state index is 5.35. The summed E-state index contributed by atoms with van der Waals surface area (Å²) in [6.45, 7) is 4.16. The number of ether oxygens (including phenoxy) is 2. The number of aromatic nitrogens is 2. The Bertz CT molecular complexity index is 714. The van der Waals surface area contributed by atoms with Gasteiger partial charge in [0.05, 0.1) is 19.9 Å². The molecule has 0 unspecified atom stereocenters. The van der Waals surface area contributed by atoms with Crippen molar-refractivity contribution in [3.8, 4) is 11.5 Å². The fourth-order valence-corrected chi connectivity index (χ4v) is 2.50. The molecule has 24 heavy (non-hydrogen) atoms. The van der Waals surface area contributed by atoms with Gasteiger partial charge in [0, 0.05) is 29.8 Å². The summed E-state index contributed by atoms with van der Waals surface area (Å²) in [4.78, 5) is 9.20. The first kappa shape index (κ1) is 16.4. The van der Waals surface area contributed by atoms with E-state index in [1.54, 1.807) is 14.2 Å². The molecule has 1 aromatic heterocycles. The Morgan fingerprint density at radius 2 is 1.79 bits per heavy atom. The highest BCUT2D eigenvalue weighted by atomic mass is 16.5. The Kier molecular flexibility index (Phi) is 4.74. The number of anilines is 3. The number of rotatable bonds is 7. The van der Waals surface area contributed by atoms with Gasteiger partial charge in [-0.25, -0.2) is 4.98 Å². The molecule has 2 aromatic rings. The van der Waals surface area contributed by atoms with Crippen LogP contribution >= 0.6 is 0 Å². The SMILES string of the molecule is COc1ccc(Nc2cc(C3CC3)nc(NC(C)C)n2)cc1OC. The zero-order valence-corrected chi connectivity index (χ0v) is 14.6. The van der Waals surface area contributed by atoms with Crippen LogP contribution in [-0.4, -0.2) is 30.2 Å². The Morgan fingerprint density at radius 1 is 1.04 bits per heavy atom. The molecule has 0 saturated heterocycles. The summed E-state index contributed by atoms with van der Waals surface area (Å²) in [6, 6.07) is 8.02. The minimum absolute atomic E-state index is 0.286. The molecule has 0 bridgehead atoms. The first-order chi connectivity index (χ1) is 11.6. The van der Waals surface area contributed by atoms with Crippen molar-refractivity contribution in [1.82, 2.24) is 9.97 Å². The fraction of sp³-hybridized carbons (Fsp3) is 0.444. The van der Waals surface area contributed by atoms with Crippen LogP contribution in [0.1, 0.15) is 38.3 Å². The number of nitrogens with one attached hydrogen (secondary N) is 2. The van der Waals surface area contributed by atoms with Gasteiger partial charge in [0.25, 0.3) is 0 Å². The van der Waals surface area contributed by atoms with Gasteiger partial charge in [0.15, 0.2) is 11.5 Å². The van der Waals surface area contributed by atoms with Crippen LogP contribution in [0.5, 0.6) is 11.5 Å². The molecule has 0 atom stereocenters. The number of methoxy groups -OCH3 is 2. The van der Waals surface area contributed by atoms with Crippen molar-refractivity contribution >= 4 is 17.5 Å². The largest absolute Gasteiger partial charge is 0.493 e. The van der Waals surface area contributed by atoms with Crippen molar-refractivity contribution in [2.45, 2.75) is 38.6 Å². The lowest BCUT2D eigenvalue weighted by Crippen LogP contribution is -2.14. The molecule has 1 aliphatic carbocycles. The third-order valence-electron chi connectivity index (χ3n) is 3.82. The van der Waals surface area contributed by atoms with Gasteiger partial charge in [-0.2, -0.15) is 4.98 Å². The smallest absolute Gasteiger partial charge is 0.225 e. The Hall–Kier alpha value is -2.50. The molecule has 0 spiro atoms. The second-order valence-electron chi connectivity index (χ2n) is 6.27. The Morgan fingerprint density at radius 3 is 2.42 bits per heavy atom. The monoisotopic (exact) mass is 328 g/mol. The number of nitrogens with zero attached hydrogens (tertiary/aromatic N) is 2. The first-order valence-electron chi connectivity index (χ1n) is 8.23. The van der Waals surface area contributed by atoms with E-state index in [9.17, 15) is 0 Å². The van der Waals surface area contributed by atoms with Gasteiger partial charge >= 0.3 is 0 Å². The molecule has 1 saturated carbocycles. The average molecular weight is 328 g/mol. The van der Waals surface area contributed by atoms with Crippen LogP contribution in [0.3, 0.4) is 0 Å². The zero-order chi connectivity index (χ0) is 17.1. The van der Waals surface area contributed by atoms with Crippen molar-refractivity contribution in [1.29, 1.82) is 0 Å². The molecule has 1 fully saturated rings. The highest BCUT2D eigenvalue weighted by Gasteiger charge is 2.26.